The molecule has 0 spiro atoms. The second-order valence-electron chi connectivity index (χ2n) is 6.28. The van der Waals surface area contributed by atoms with E-state index in [0.29, 0.717) is 26.2 Å². The molecule has 1 aliphatic rings. The molecule has 1 heterocycles. The number of ether oxygens (including phenoxy) is 3. The van der Waals surface area contributed by atoms with Gasteiger partial charge in [-0.3, -0.25) is 4.79 Å². The molecular formula is C21H25NO4. The van der Waals surface area contributed by atoms with Crippen LogP contribution < -0.4 is 19.5 Å². The molecule has 0 saturated heterocycles. The lowest BCUT2D eigenvalue weighted by Gasteiger charge is -2.18. The van der Waals surface area contributed by atoms with Crippen LogP contribution in [0, 0.1) is 0 Å². The molecule has 0 atom stereocenters. The lowest BCUT2D eigenvalue weighted by Crippen LogP contribution is -2.25. The molecule has 3 rings (SSSR count). The molecule has 5 heteroatoms. The van der Waals surface area contributed by atoms with Crippen LogP contribution in [0.4, 0.5) is 0 Å². The number of benzene rings is 2. The molecule has 0 aliphatic carbocycles. The van der Waals surface area contributed by atoms with Gasteiger partial charge in [0.15, 0.2) is 11.5 Å². The fourth-order valence-corrected chi connectivity index (χ4v) is 2.92. The number of nitrogens with one attached hydrogen (secondary N) is 1. The number of carbonyl (C=O) groups excluding carboxylic acids is 1. The first-order valence-electron chi connectivity index (χ1n) is 9.03. The highest BCUT2D eigenvalue weighted by Gasteiger charge is 2.11. The maximum Gasteiger partial charge on any atom is 0.220 e. The van der Waals surface area contributed by atoms with Gasteiger partial charge >= 0.3 is 0 Å². The number of fused-ring (bicyclic) bond motifs is 1. The first-order valence-corrected chi connectivity index (χ1v) is 9.03. The molecule has 26 heavy (non-hydrogen) atoms. The van der Waals surface area contributed by atoms with Gasteiger partial charge in [0.05, 0.1) is 7.11 Å². The third-order valence-corrected chi connectivity index (χ3v) is 4.37. The van der Waals surface area contributed by atoms with Gasteiger partial charge in [-0.2, -0.15) is 0 Å². The molecule has 0 bridgehead atoms. The summed E-state index contributed by atoms with van der Waals surface area (Å²) in [6, 6.07) is 13.9. The highest BCUT2D eigenvalue weighted by atomic mass is 16.6. The standard InChI is InChI=1S/C21H25NO4/c1-24-18-8-5-16(6-9-18)3-2-4-21(23)22-12-11-17-7-10-19-20(15-17)26-14-13-25-19/h5-10,15H,2-4,11-14H2,1H3,(H,22,23). The van der Waals surface area contributed by atoms with E-state index in [4.69, 9.17) is 14.2 Å². The third kappa shape index (κ3) is 5.15. The van der Waals surface area contributed by atoms with Gasteiger partial charge in [0.25, 0.3) is 0 Å². The summed E-state index contributed by atoms with van der Waals surface area (Å²) in [6.45, 7) is 1.81. The van der Waals surface area contributed by atoms with Crippen molar-refractivity contribution in [3.63, 3.8) is 0 Å². The van der Waals surface area contributed by atoms with Crippen molar-refractivity contribution >= 4 is 5.91 Å². The van der Waals surface area contributed by atoms with Crippen LogP contribution in [-0.2, 0) is 17.6 Å². The SMILES string of the molecule is COc1ccc(CCCC(=O)NCCc2ccc3c(c2)OCCO3)cc1. The number of amides is 1. The Bertz CT molecular complexity index is 727. The van der Waals surface area contributed by atoms with Crippen LogP contribution in [0.25, 0.3) is 0 Å². The largest absolute Gasteiger partial charge is 0.497 e. The van der Waals surface area contributed by atoms with Crippen LogP contribution >= 0.6 is 0 Å². The predicted octanol–water partition coefficient (Wildman–Crippen LogP) is 3.15. The molecule has 1 aliphatic heterocycles. The number of hydrogen-bond donors (Lipinski definition) is 1. The molecule has 0 unspecified atom stereocenters. The first kappa shape index (κ1) is 18.1. The Kier molecular flexibility index (Phi) is 6.36. The number of rotatable bonds is 8. The third-order valence-electron chi connectivity index (χ3n) is 4.37. The van der Waals surface area contributed by atoms with E-state index in [9.17, 15) is 4.79 Å². The van der Waals surface area contributed by atoms with Crippen molar-refractivity contribution in [1.82, 2.24) is 5.32 Å². The zero-order valence-corrected chi connectivity index (χ0v) is 15.1. The molecule has 2 aromatic carbocycles. The van der Waals surface area contributed by atoms with Crippen LogP contribution in [0.3, 0.4) is 0 Å². The number of carbonyl (C=O) groups is 1. The van der Waals surface area contributed by atoms with E-state index in [0.717, 1.165) is 42.1 Å². The first-order chi connectivity index (χ1) is 12.7. The predicted molar refractivity (Wildman–Crippen MR) is 100 cm³/mol. The van der Waals surface area contributed by atoms with Gasteiger partial charge in [-0.25, -0.2) is 0 Å². The molecule has 1 N–H and O–H groups in total. The van der Waals surface area contributed by atoms with Crippen molar-refractivity contribution in [3.05, 3.63) is 53.6 Å². The molecule has 0 radical (unpaired) electrons. The average Bonchev–Trinajstić information content (AvgIpc) is 2.68. The Hall–Kier alpha value is -2.69. The Morgan fingerprint density at radius 2 is 1.73 bits per heavy atom. The van der Waals surface area contributed by atoms with Crippen LogP contribution in [-0.4, -0.2) is 32.8 Å². The van der Waals surface area contributed by atoms with Gasteiger partial charge in [-0.1, -0.05) is 18.2 Å². The van der Waals surface area contributed by atoms with Crippen molar-refractivity contribution in [2.45, 2.75) is 25.7 Å². The fraction of sp³-hybridized carbons (Fsp3) is 0.381. The summed E-state index contributed by atoms with van der Waals surface area (Å²) < 4.78 is 16.2. The Morgan fingerprint density at radius 3 is 2.50 bits per heavy atom. The molecular weight excluding hydrogens is 330 g/mol. The summed E-state index contributed by atoms with van der Waals surface area (Å²) in [4.78, 5) is 12.0. The lowest BCUT2D eigenvalue weighted by atomic mass is 10.1. The Morgan fingerprint density at radius 1 is 1.00 bits per heavy atom. The highest BCUT2D eigenvalue weighted by molar-refractivity contribution is 5.75. The van der Waals surface area contributed by atoms with Gasteiger partial charge in [0.2, 0.25) is 5.91 Å². The second kappa shape index (κ2) is 9.13. The van der Waals surface area contributed by atoms with Crippen molar-refractivity contribution in [2.24, 2.45) is 0 Å². The summed E-state index contributed by atoms with van der Waals surface area (Å²) in [5.74, 6) is 2.53. The van der Waals surface area contributed by atoms with Crippen molar-refractivity contribution < 1.29 is 19.0 Å². The monoisotopic (exact) mass is 355 g/mol. The quantitative estimate of drug-likeness (QED) is 0.790. The molecule has 0 saturated carbocycles. The molecule has 0 aromatic heterocycles. The maximum atomic E-state index is 12.0. The van der Waals surface area contributed by atoms with Crippen molar-refractivity contribution in [1.29, 1.82) is 0 Å². The van der Waals surface area contributed by atoms with Crippen LogP contribution in [0.2, 0.25) is 0 Å². The summed E-state index contributed by atoms with van der Waals surface area (Å²) in [7, 11) is 1.66. The molecule has 2 aromatic rings. The minimum atomic E-state index is 0.0936. The normalized spacial score (nSPS) is 12.5. The number of aryl methyl sites for hydroxylation is 1. The van der Waals surface area contributed by atoms with Gasteiger partial charge in [0, 0.05) is 13.0 Å². The topological polar surface area (TPSA) is 56.8 Å². The summed E-state index contributed by atoms with van der Waals surface area (Å²) in [6.07, 6.45) is 3.04. The number of hydrogen-bond acceptors (Lipinski definition) is 4. The second-order valence-corrected chi connectivity index (χ2v) is 6.28. The zero-order valence-electron chi connectivity index (χ0n) is 15.1. The van der Waals surface area contributed by atoms with Crippen LogP contribution in [0.15, 0.2) is 42.5 Å². The van der Waals surface area contributed by atoms with E-state index in [-0.39, 0.29) is 5.91 Å². The van der Waals surface area contributed by atoms with E-state index in [2.05, 4.69) is 5.32 Å². The van der Waals surface area contributed by atoms with Crippen LogP contribution in [0.5, 0.6) is 17.2 Å². The summed E-state index contributed by atoms with van der Waals surface area (Å²) >= 11 is 0. The van der Waals surface area contributed by atoms with Gasteiger partial charge < -0.3 is 19.5 Å². The lowest BCUT2D eigenvalue weighted by molar-refractivity contribution is -0.121. The fourth-order valence-electron chi connectivity index (χ4n) is 2.92. The average molecular weight is 355 g/mol. The van der Waals surface area contributed by atoms with Gasteiger partial charge in [-0.15, -0.1) is 0 Å². The minimum Gasteiger partial charge on any atom is -0.497 e. The van der Waals surface area contributed by atoms with Crippen molar-refractivity contribution in [2.75, 3.05) is 26.9 Å². The maximum absolute atomic E-state index is 12.0. The highest BCUT2D eigenvalue weighted by Crippen LogP contribution is 2.30. The van der Waals surface area contributed by atoms with Crippen molar-refractivity contribution in [3.8, 4) is 17.2 Å². The van der Waals surface area contributed by atoms with Gasteiger partial charge in [-0.05, 0) is 54.7 Å². The molecule has 5 nitrogen and oxygen atoms in total. The molecule has 1 amide bonds. The van der Waals surface area contributed by atoms with E-state index in [1.54, 1.807) is 7.11 Å². The van der Waals surface area contributed by atoms with E-state index >= 15 is 0 Å². The Balaban J connectivity index is 1.35. The number of methoxy groups -OCH3 is 1. The summed E-state index contributed by atoms with van der Waals surface area (Å²) in [5.41, 5.74) is 2.35. The van der Waals surface area contributed by atoms with E-state index in [1.165, 1.54) is 5.56 Å². The summed E-state index contributed by atoms with van der Waals surface area (Å²) in [5, 5.41) is 2.98. The molecule has 0 fully saturated rings. The van der Waals surface area contributed by atoms with Crippen LogP contribution in [0.1, 0.15) is 24.0 Å². The zero-order chi connectivity index (χ0) is 18.2. The smallest absolute Gasteiger partial charge is 0.220 e. The Labute approximate surface area is 154 Å². The molecule has 138 valence electrons. The minimum absolute atomic E-state index is 0.0936. The van der Waals surface area contributed by atoms with E-state index in [1.807, 2.05) is 42.5 Å². The van der Waals surface area contributed by atoms with Gasteiger partial charge in [0.1, 0.15) is 19.0 Å². The van der Waals surface area contributed by atoms with E-state index < -0.39 is 0 Å².